The van der Waals surface area contributed by atoms with Gasteiger partial charge in [0.1, 0.15) is 0 Å². The summed E-state index contributed by atoms with van der Waals surface area (Å²) in [6.45, 7) is 2.06. The second kappa shape index (κ2) is 4.99. The summed E-state index contributed by atoms with van der Waals surface area (Å²) in [5.41, 5.74) is 5.62. The van der Waals surface area contributed by atoms with E-state index in [1.165, 1.54) is 11.3 Å². The van der Waals surface area contributed by atoms with Crippen molar-refractivity contribution in [1.82, 2.24) is 4.98 Å². The van der Waals surface area contributed by atoms with Gasteiger partial charge in [0, 0.05) is 22.7 Å². The lowest BCUT2D eigenvalue weighted by Gasteiger charge is -2.23. The molecule has 2 N–H and O–H groups in total. The smallest absolute Gasteiger partial charge is 0.0410 e. The van der Waals surface area contributed by atoms with Crippen molar-refractivity contribution in [3.8, 4) is 0 Å². The number of benzene rings is 1. The highest BCUT2D eigenvalue weighted by Gasteiger charge is 2.25. The molecule has 1 aliphatic carbocycles. The van der Waals surface area contributed by atoms with Crippen LogP contribution in [0.2, 0.25) is 0 Å². The molecular weight excluding hydrogens is 244 g/mol. The number of hydrogen-bond donors (Lipinski definition) is 2. The van der Waals surface area contributed by atoms with Crippen molar-refractivity contribution in [3.05, 3.63) is 58.9 Å². The van der Waals surface area contributed by atoms with Gasteiger partial charge in [-0.2, -0.15) is 0 Å². The maximum absolute atomic E-state index is 8.14. The Bertz CT molecular complexity index is 557. The van der Waals surface area contributed by atoms with Crippen LogP contribution in [0, 0.1) is 12.3 Å². The molecule has 1 aromatic heterocycles. The summed E-state index contributed by atoms with van der Waals surface area (Å²) >= 11 is 0. The molecule has 94 valence electrons. The molecule has 0 bridgehead atoms. The molecule has 0 amide bonds. The van der Waals surface area contributed by atoms with Crippen molar-refractivity contribution in [3.63, 3.8) is 0 Å². The number of hydrogen-bond acceptors (Lipinski definition) is 1. The number of rotatable bonds is 1. The Kier molecular flexibility index (Phi) is 3.58. The molecule has 0 radical (unpaired) electrons. The lowest BCUT2D eigenvalue weighted by atomic mass is 9.82. The lowest BCUT2D eigenvalue weighted by Crippen LogP contribution is -2.17. The summed E-state index contributed by atoms with van der Waals surface area (Å²) in [5, 5.41) is 8.14. The van der Waals surface area contributed by atoms with Crippen LogP contribution in [0.1, 0.15) is 34.9 Å². The molecule has 0 saturated carbocycles. The first-order valence-electron chi connectivity index (χ1n) is 6.05. The Hall–Kier alpha value is -1.54. The zero-order chi connectivity index (χ0) is 11.8. The van der Waals surface area contributed by atoms with Gasteiger partial charge in [-0.25, -0.2) is 0 Å². The Morgan fingerprint density at radius 1 is 1.17 bits per heavy atom. The zero-order valence-corrected chi connectivity index (χ0v) is 11.2. The average Bonchev–Trinajstić information content (AvgIpc) is 2.71. The maximum Gasteiger partial charge on any atom is 0.0410 e. The van der Waals surface area contributed by atoms with Crippen molar-refractivity contribution >= 4 is 18.1 Å². The molecule has 0 aliphatic heterocycles. The van der Waals surface area contributed by atoms with Crippen molar-refractivity contribution < 1.29 is 0 Å². The summed E-state index contributed by atoms with van der Waals surface area (Å²) in [7, 11) is 0. The van der Waals surface area contributed by atoms with Crippen LogP contribution in [0.3, 0.4) is 0 Å². The number of aromatic amines is 1. The first-order valence-corrected chi connectivity index (χ1v) is 6.05. The molecule has 3 heteroatoms. The zero-order valence-electron chi connectivity index (χ0n) is 10.4. The second-order valence-electron chi connectivity index (χ2n) is 4.84. The van der Waals surface area contributed by atoms with Crippen LogP contribution in [0.15, 0.2) is 36.4 Å². The standard InChI is InChI=1S/C15H16N2.ClH/c1-10-7-13-14(16)8-12(9-15(13)17-10)11-5-3-2-4-6-11;/h2-7,12,16-17H,8-9H2,1H3;1H. The van der Waals surface area contributed by atoms with Crippen LogP contribution in [-0.4, -0.2) is 10.7 Å². The third kappa shape index (κ3) is 2.21. The van der Waals surface area contributed by atoms with E-state index in [4.69, 9.17) is 5.41 Å². The minimum atomic E-state index is 0. The fraction of sp³-hybridized carbons (Fsp3) is 0.267. The Morgan fingerprint density at radius 3 is 2.61 bits per heavy atom. The van der Waals surface area contributed by atoms with E-state index in [1.807, 2.05) is 6.07 Å². The Labute approximate surface area is 113 Å². The van der Waals surface area contributed by atoms with Crippen molar-refractivity contribution in [1.29, 1.82) is 5.41 Å². The van der Waals surface area contributed by atoms with Gasteiger partial charge in [-0.05, 0) is 37.3 Å². The Morgan fingerprint density at radius 2 is 1.89 bits per heavy atom. The molecule has 0 saturated heterocycles. The molecule has 1 atom stereocenters. The van der Waals surface area contributed by atoms with E-state index in [0.717, 1.165) is 29.8 Å². The van der Waals surface area contributed by atoms with E-state index in [0.29, 0.717) is 5.92 Å². The summed E-state index contributed by atoms with van der Waals surface area (Å²) < 4.78 is 0. The van der Waals surface area contributed by atoms with Crippen LogP contribution < -0.4 is 0 Å². The van der Waals surface area contributed by atoms with Gasteiger partial charge in [0.25, 0.3) is 0 Å². The van der Waals surface area contributed by atoms with Crippen LogP contribution in [0.25, 0.3) is 0 Å². The number of aromatic nitrogens is 1. The van der Waals surface area contributed by atoms with Crippen molar-refractivity contribution in [2.24, 2.45) is 0 Å². The van der Waals surface area contributed by atoms with Gasteiger partial charge in [0.2, 0.25) is 0 Å². The number of fused-ring (bicyclic) bond motifs is 1. The van der Waals surface area contributed by atoms with Crippen LogP contribution in [0.4, 0.5) is 0 Å². The van der Waals surface area contributed by atoms with Gasteiger partial charge < -0.3 is 10.4 Å². The van der Waals surface area contributed by atoms with Crippen LogP contribution >= 0.6 is 12.4 Å². The summed E-state index contributed by atoms with van der Waals surface area (Å²) in [4.78, 5) is 3.39. The van der Waals surface area contributed by atoms with Gasteiger partial charge in [-0.3, -0.25) is 0 Å². The number of H-pyrrole nitrogens is 1. The van der Waals surface area contributed by atoms with E-state index >= 15 is 0 Å². The summed E-state index contributed by atoms with van der Waals surface area (Å²) in [6.07, 6.45) is 1.88. The van der Waals surface area contributed by atoms with Gasteiger partial charge in [0.15, 0.2) is 0 Å². The summed E-state index contributed by atoms with van der Waals surface area (Å²) in [5.74, 6) is 0.453. The fourth-order valence-corrected chi connectivity index (χ4v) is 2.71. The molecule has 2 aromatic rings. The highest BCUT2D eigenvalue weighted by molar-refractivity contribution is 6.01. The van der Waals surface area contributed by atoms with Crippen molar-refractivity contribution in [2.75, 3.05) is 0 Å². The average molecular weight is 261 g/mol. The number of aryl methyl sites for hydroxylation is 1. The van der Waals surface area contributed by atoms with Crippen molar-refractivity contribution in [2.45, 2.75) is 25.7 Å². The normalized spacial score (nSPS) is 18.1. The molecule has 0 spiro atoms. The number of nitrogens with one attached hydrogen (secondary N) is 2. The molecule has 18 heavy (non-hydrogen) atoms. The minimum absolute atomic E-state index is 0. The van der Waals surface area contributed by atoms with E-state index in [9.17, 15) is 0 Å². The lowest BCUT2D eigenvalue weighted by molar-refractivity contribution is 0.683. The first kappa shape index (κ1) is 12.9. The Balaban J connectivity index is 0.00000120. The molecule has 1 aliphatic rings. The third-order valence-corrected chi connectivity index (χ3v) is 3.53. The van der Waals surface area contributed by atoms with Crippen LogP contribution in [0.5, 0.6) is 0 Å². The van der Waals surface area contributed by atoms with Gasteiger partial charge in [-0.15, -0.1) is 12.4 Å². The predicted molar refractivity (Wildman–Crippen MR) is 77.1 cm³/mol. The van der Waals surface area contributed by atoms with Gasteiger partial charge in [-0.1, -0.05) is 30.3 Å². The molecule has 2 nitrogen and oxygen atoms in total. The van der Waals surface area contributed by atoms with E-state index < -0.39 is 0 Å². The van der Waals surface area contributed by atoms with Gasteiger partial charge in [0.05, 0.1) is 0 Å². The largest absolute Gasteiger partial charge is 0.362 e. The second-order valence-corrected chi connectivity index (χ2v) is 4.84. The molecule has 1 heterocycles. The van der Waals surface area contributed by atoms with E-state index in [1.54, 1.807) is 0 Å². The first-order chi connectivity index (χ1) is 8.24. The quantitative estimate of drug-likeness (QED) is 0.782. The monoisotopic (exact) mass is 260 g/mol. The van der Waals surface area contributed by atoms with E-state index in [-0.39, 0.29) is 12.4 Å². The molecule has 0 fully saturated rings. The summed E-state index contributed by atoms with van der Waals surface area (Å²) in [6, 6.07) is 12.6. The maximum atomic E-state index is 8.14. The number of halogens is 1. The van der Waals surface area contributed by atoms with E-state index in [2.05, 4.69) is 42.2 Å². The molecule has 1 aromatic carbocycles. The fourth-order valence-electron chi connectivity index (χ4n) is 2.71. The SMILES string of the molecule is Cc1cc2c([nH]1)CC(c1ccccc1)CC2=N.Cl. The topological polar surface area (TPSA) is 39.6 Å². The molecule has 1 unspecified atom stereocenters. The van der Waals surface area contributed by atoms with Gasteiger partial charge >= 0.3 is 0 Å². The minimum Gasteiger partial charge on any atom is -0.362 e. The predicted octanol–water partition coefficient (Wildman–Crippen LogP) is 3.84. The van der Waals surface area contributed by atoms with Crippen LogP contribution in [-0.2, 0) is 6.42 Å². The molecular formula is C15H17ClN2. The highest BCUT2D eigenvalue weighted by Crippen LogP contribution is 2.32. The highest BCUT2D eigenvalue weighted by atomic mass is 35.5. The third-order valence-electron chi connectivity index (χ3n) is 3.53. The molecule has 3 rings (SSSR count).